The smallest absolute Gasteiger partial charge is 0.253 e. The van der Waals surface area contributed by atoms with E-state index in [2.05, 4.69) is 29.1 Å². The fourth-order valence-corrected chi connectivity index (χ4v) is 4.30. The Morgan fingerprint density at radius 2 is 2.03 bits per heavy atom. The van der Waals surface area contributed by atoms with E-state index in [9.17, 15) is 4.79 Å². The molecule has 9 heteroatoms. The second-order valence-electron chi connectivity index (χ2n) is 7.37. The van der Waals surface area contributed by atoms with Gasteiger partial charge in [-0.15, -0.1) is 10.2 Å². The van der Waals surface area contributed by atoms with Crippen LogP contribution in [-0.2, 0) is 11.8 Å². The maximum atomic E-state index is 13.1. The van der Waals surface area contributed by atoms with Gasteiger partial charge in [-0.05, 0) is 29.8 Å². The summed E-state index contributed by atoms with van der Waals surface area (Å²) < 4.78 is 7.52. The van der Waals surface area contributed by atoms with Crippen molar-refractivity contribution in [3.05, 3.63) is 64.8 Å². The number of aromatic nitrogens is 3. The molecule has 0 fully saturated rings. The first-order valence-corrected chi connectivity index (χ1v) is 11.0. The molecule has 0 spiro atoms. The van der Waals surface area contributed by atoms with E-state index in [0.717, 1.165) is 17.1 Å². The molecule has 0 radical (unpaired) electrons. The lowest BCUT2D eigenvalue weighted by atomic mass is 10.0. The molecular formula is C21H22ClN5O2S. The van der Waals surface area contributed by atoms with Crippen molar-refractivity contribution in [3.63, 3.8) is 0 Å². The third-order valence-electron chi connectivity index (χ3n) is 4.92. The van der Waals surface area contributed by atoms with E-state index in [1.54, 1.807) is 6.26 Å². The second kappa shape index (κ2) is 8.65. The summed E-state index contributed by atoms with van der Waals surface area (Å²) in [6, 6.07) is 10.9. The topological polar surface area (TPSA) is 76.5 Å². The Morgan fingerprint density at radius 3 is 2.67 bits per heavy atom. The lowest BCUT2D eigenvalue weighted by Crippen LogP contribution is -2.28. The Kier molecular flexibility index (Phi) is 5.97. The molecule has 0 aliphatic carbocycles. The van der Waals surface area contributed by atoms with Gasteiger partial charge in [-0.1, -0.05) is 49.3 Å². The van der Waals surface area contributed by atoms with Crippen molar-refractivity contribution in [2.45, 2.75) is 37.4 Å². The van der Waals surface area contributed by atoms with Crippen LogP contribution in [0.2, 0.25) is 5.02 Å². The van der Waals surface area contributed by atoms with Crippen LogP contribution in [0.3, 0.4) is 0 Å². The summed E-state index contributed by atoms with van der Waals surface area (Å²) in [6.07, 6.45) is 2.19. The molecule has 7 nitrogen and oxygen atoms in total. The first-order chi connectivity index (χ1) is 14.4. The van der Waals surface area contributed by atoms with E-state index in [1.807, 2.05) is 48.0 Å². The van der Waals surface area contributed by atoms with Crippen molar-refractivity contribution in [1.82, 2.24) is 19.8 Å². The molecule has 30 heavy (non-hydrogen) atoms. The summed E-state index contributed by atoms with van der Waals surface area (Å²) >= 11 is 7.36. The molecule has 3 aromatic rings. The number of hydrogen-bond donors (Lipinski definition) is 0. The average Bonchev–Trinajstić information content (AvgIpc) is 3.46. The Balaban J connectivity index is 1.54. The van der Waals surface area contributed by atoms with Gasteiger partial charge in [0.05, 0.1) is 17.7 Å². The van der Waals surface area contributed by atoms with Crippen molar-refractivity contribution in [2.24, 2.45) is 12.1 Å². The van der Waals surface area contributed by atoms with Crippen LogP contribution < -0.4 is 0 Å². The van der Waals surface area contributed by atoms with Gasteiger partial charge in [-0.3, -0.25) is 4.79 Å². The standard InChI is InChI=1S/C21H22ClN5O2S/c1-13(2)20-23-24-21(26(20)3)30-12-19(28)27-17(18-5-4-10-29-18)11-16(25-27)14-6-8-15(22)9-7-14/h4-10,13,17H,11-12H2,1-3H3. The molecule has 4 rings (SSSR count). The first-order valence-electron chi connectivity index (χ1n) is 9.65. The zero-order valence-electron chi connectivity index (χ0n) is 16.9. The minimum Gasteiger partial charge on any atom is -0.467 e. The molecule has 1 aliphatic heterocycles. The van der Waals surface area contributed by atoms with E-state index in [4.69, 9.17) is 16.0 Å². The van der Waals surface area contributed by atoms with Crippen LogP contribution in [0.25, 0.3) is 0 Å². The highest BCUT2D eigenvalue weighted by atomic mass is 35.5. The number of carbonyl (C=O) groups is 1. The summed E-state index contributed by atoms with van der Waals surface area (Å²) in [5.74, 6) is 1.96. The number of hydrogen-bond acceptors (Lipinski definition) is 6. The lowest BCUT2D eigenvalue weighted by molar-refractivity contribution is -0.130. The maximum absolute atomic E-state index is 13.1. The summed E-state index contributed by atoms with van der Waals surface area (Å²) in [7, 11) is 1.92. The number of carbonyl (C=O) groups excluding carboxylic acids is 1. The SMILES string of the molecule is CC(C)c1nnc(SCC(=O)N2N=C(c3ccc(Cl)cc3)CC2c2ccco2)n1C. The van der Waals surface area contributed by atoms with Crippen molar-refractivity contribution in [3.8, 4) is 0 Å². The third-order valence-corrected chi connectivity index (χ3v) is 6.18. The first kappa shape index (κ1) is 20.7. The monoisotopic (exact) mass is 443 g/mol. The largest absolute Gasteiger partial charge is 0.467 e. The predicted molar refractivity (Wildman–Crippen MR) is 117 cm³/mol. The van der Waals surface area contributed by atoms with Crippen molar-refractivity contribution in [2.75, 3.05) is 5.75 Å². The molecule has 156 valence electrons. The van der Waals surface area contributed by atoms with Crippen molar-refractivity contribution < 1.29 is 9.21 Å². The van der Waals surface area contributed by atoms with Gasteiger partial charge in [-0.2, -0.15) is 5.10 Å². The maximum Gasteiger partial charge on any atom is 0.253 e. The third kappa shape index (κ3) is 4.15. The minimum absolute atomic E-state index is 0.112. The van der Waals surface area contributed by atoms with Gasteiger partial charge in [0, 0.05) is 24.4 Å². The molecule has 1 unspecified atom stereocenters. The summed E-state index contributed by atoms with van der Waals surface area (Å²) in [4.78, 5) is 13.1. The van der Waals surface area contributed by atoms with Crippen LogP contribution in [0.5, 0.6) is 0 Å². The normalized spacial score (nSPS) is 16.4. The number of furan rings is 1. The van der Waals surface area contributed by atoms with Crippen LogP contribution in [0.4, 0.5) is 0 Å². The van der Waals surface area contributed by atoms with Crippen molar-refractivity contribution in [1.29, 1.82) is 0 Å². The summed E-state index contributed by atoms with van der Waals surface area (Å²) in [5.41, 5.74) is 1.76. The quantitative estimate of drug-likeness (QED) is 0.518. The highest BCUT2D eigenvalue weighted by molar-refractivity contribution is 7.99. The number of nitrogens with zero attached hydrogens (tertiary/aromatic N) is 5. The van der Waals surface area contributed by atoms with E-state index in [0.29, 0.717) is 22.4 Å². The number of halogens is 1. The van der Waals surface area contributed by atoms with Crippen LogP contribution in [0.1, 0.15) is 49.4 Å². The molecular weight excluding hydrogens is 422 g/mol. The lowest BCUT2D eigenvalue weighted by Gasteiger charge is -2.19. The zero-order valence-corrected chi connectivity index (χ0v) is 18.5. The molecule has 1 aromatic carbocycles. The molecule has 3 heterocycles. The van der Waals surface area contributed by atoms with Gasteiger partial charge >= 0.3 is 0 Å². The summed E-state index contributed by atoms with van der Waals surface area (Å²) in [6.45, 7) is 4.13. The van der Waals surface area contributed by atoms with E-state index in [1.165, 1.54) is 16.8 Å². The fourth-order valence-electron chi connectivity index (χ4n) is 3.41. The van der Waals surface area contributed by atoms with Gasteiger partial charge in [0.2, 0.25) is 0 Å². The molecule has 0 saturated heterocycles. The predicted octanol–water partition coefficient (Wildman–Crippen LogP) is 4.65. The number of amides is 1. The van der Waals surface area contributed by atoms with Crippen molar-refractivity contribution >= 4 is 35.0 Å². The van der Waals surface area contributed by atoms with Gasteiger partial charge in [0.15, 0.2) is 5.16 Å². The molecule has 0 bridgehead atoms. The Bertz CT molecular complexity index is 1060. The molecule has 1 aliphatic rings. The Morgan fingerprint density at radius 1 is 1.27 bits per heavy atom. The summed E-state index contributed by atoms with van der Waals surface area (Å²) in [5, 5.41) is 16.0. The molecule has 1 atom stereocenters. The van der Waals surface area contributed by atoms with Gasteiger partial charge in [-0.25, -0.2) is 5.01 Å². The zero-order chi connectivity index (χ0) is 21.3. The Hall–Kier alpha value is -2.58. The number of hydrazone groups is 1. The van der Waals surface area contributed by atoms with Crippen LogP contribution in [0.15, 0.2) is 57.3 Å². The van der Waals surface area contributed by atoms with E-state index in [-0.39, 0.29) is 23.6 Å². The van der Waals surface area contributed by atoms with E-state index >= 15 is 0 Å². The highest BCUT2D eigenvalue weighted by Gasteiger charge is 2.35. The molecule has 0 N–H and O–H groups in total. The van der Waals surface area contributed by atoms with Gasteiger partial charge in [0.1, 0.15) is 17.6 Å². The van der Waals surface area contributed by atoms with Crippen LogP contribution in [0, 0.1) is 0 Å². The van der Waals surface area contributed by atoms with Gasteiger partial charge < -0.3 is 8.98 Å². The number of benzene rings is 1. The molecule has 2 aromatic heterocycles. The fraction of sp³-hybridized carbons (Fsp3) is 0.333. The number of rotatable bonds is 6. The van der Waals surface area contributed by atoms with Crippen LogP contribution >= 0.6 is 23.4 Å². The Labute approximate surface area is 184 Å². The van der Waals surface area contributed by atoms with E-state index < -0.39 is 0 Å². The van der Waals surface area contributed by atoms with Gasteiger partial charge in [0.25, 0.3) is 5.91 Å². The highest BCUT2D eigenvalue weighted by Crippen LogP contribution is 2.34. The molecule has 0 saturated carbocycles. The number of thioether (sulfide) groups is 1. The minimum atomic E-state index is -0.274. The molecule has 1 amide bonds. The average molecular weight is 444 g/mol. The van der Waals surface area contributed by atoms with Crippen LogP contribution in [-0.4, -0.2) is 37.1 Å². The second-order valence-corrected chi connectivity index (χ2v) is 8.75.